The molecule has 1 amide bonds. The van der Waals surface area contributed by atoms with Crippen LogP contribution in [0.3, 0.4) is 0 Å². The van der Waals surface area contributed by atoms with Gasteiger partial charge in [-0.25, -0.2) is 0 Å². The molecule has 1 aromatic carbocycles. The van der Waals surface area contributed by atoms with E-state index in [4.69, 9.17) is 0 Å². The van der Waals surface area contributed by atoms with Crippen molar-refractivity contribution in [2.75, 3.05) is 20.6 Å². The first-order valence-corrected chi connectivity index (χ1v) is 10.1. The van der Waals surface area contributed by atoms with Gasteiger partial charge in [-0.3, -0.25) is 9.48 Å². The van der Waals surface area contributed by atoms with Gasteiger partial charge in [0.1, 0.15) is 5.69 Å². The Labute approximate surface area is 163 Å². The molecule has 0 radical (unpaired) electrons. The van der Waals surface area contributed by atoms with Crippen LogP contribution < -0.4 is 0 Å². The number of aromatic nitrogens is 2. The normalized spacial score (nSPS) is 17.5. The van der Waals surface area contributed by atoms with E-state index in [1.807, 2.05) is 13.1 Å². The molecule has 5 nitrogen and oxygen atoms in total. The maximum Gasteiger partial charge on any atom is 0.272 e. The minimum Gasteiger partial charge on any atom is -0.330 e. The van der Waals surface area contributed by atoms with E-state index >= 15 is 0 Å². The third kappa shape index (κ3) is 4.59. The van der Waals surface area contributed by atoms with E-state index in [1.165, 1.54) is 17.5 Å². The van der Waals surface area contributed by atoms with Crippen LogP contribution in [0.25, 0.3) is 0 Å². The van der Waals surface area contributed by atoms with Gasteiger partial charge in [-0.15, -0.1) is 0 Å². The Morgan fingerprint density at radius 1 is 1.22 bits per heavy atom. The second-order valence-corrected chi connectivity index (χ2v) is 7.88. The zero-order valence-corrected chi connectivity index (χ0v) is 17.1. The number of nitrogens with zero attached hydrogens (tertiary/aromatic N) is 4. The molecule has 2 aromatic rings. The quantitative estimate of drug-likeness (QED) is 0.779. The highest BCUT2D eigenvalue weighted by atomic mass is 16.2. The number of carbonyl (C=O) groups excluding carboxylic acids is 1. The molecule has 5 heteroatoms. The monoisotopic (exact) mass is 368 g/mol. The second-order valence-electron chi connectivity index (χ2n) is 7.88. The van der Waals surface area contributed by atoms with Crippen LogP contribution in [-0.4, -0.2) is 46.1 Å². The van der Waals surface area contributed by atoms with Crippen LogP contribution in [0.4, 0.5) is 0 Å². The second kappa shape index (κ2) is 8.70. The number of benzene rings is 1. The first kappa shape index (κ1) is 19.6. The average Bonchev–Trinajstić information content (AvgIpc) is 3.02. The van der Waals surface area contributed by atoms with Crippen molar-refractivity contribution in [3.8, 4) is 0 Å². The van der Waals surface area contributed by atoms with Gasteiger partial charge < -0.3 is 9.80 Å². The predicted molar refractivity (Wildman–Crippen MR) is 109 cm³/mol. The molecule has 2 heterocycles. The van der Waals surface area contributed by atoms with Crippen molar-refractivity contribution in [1.29, 1.82) is 0 Å². The maximum atomic E-state index is 13.3. The Morgan fingerprint density at radius 3 is 2.63 bits per heavy atom. The Bertz CT molecular complexity index is 763. The first-order chi connectivity index (χ1) is 13.0. The number of hydrogen-bond donors (Lipinski definition) is 0. The molecule has 0 N–H and O–H groups in total. The molecule has 0 spiro atoms. The predicted octanol–water partition coefficient (Wildman–Crippen LogP) is 3.80. The van der Waals surface area contributed by atoms with Crippen LogP contribution in [0.15, 0.2) is 30.3 Å². The van der Waals surface area contributed by atoms with Gasteiger partial charge in [0.05, 0.1) is 11.7 Å². The van der Waals surface area contributed by atoms with E-state index < -0.39 is 0 Å². The van der Waals surface area contributed by atoms with Crippen LogP contribution in [0.1, 0.15) is 66.0 Å². The lowest BCUT2D eigenvalue weighted by Gasteiger charge is -2.36. The Balaban J connectivity index is 1.81. The molecular formula is C22H32N4O. The van der Waals surface area contributed by atoms with Crippen LogP contribution in [0.2, 0.25) is 0 Å². The third-order valence-electron chi connectivity index (χ3n) is 5.28. The molecule has 146 valence electrons. The molecule has 1 atom stereocenters. The average molecular weight is 369 g/mol. The molecule has 0 bridgehead atoms. The molecule has 0 saturated carbocycles. The van der Waals surface area contributed by atoms with E-state index in [2.05, 4.69) is 60.2 Å². The summed E-state index contributed by atoms with van der Waals surface area (Å²) in [4.78, 5) is 17.5. The summed E-state index contributed by atoms with van der Waals surface area (Å²) >= 11 is 0. The van der Waals surface area contributed by atoms with Crippen LogP contribution in [0.5, 0.6) is 0 Å². The number of amides is 1. The van der Waals surface area contributed by atoms with Gasteiger partial charge in [-0.1, -0.05) is 37.6 Å². The third-order valence-corrected chi connectivity index (χ3v) is 5.28. The summed E-state index contributed by atoms with van der Waals surface area (Å²) in [6, 6.07) is 10.9. The highest BCUT2D eigenvalue weighted by Gasteiger charge is 2.30. The number of likely N-dealkylation sites (tertiary alicyclic amines) is 1. The fraction of sp³-hybridized carbons (Fsp3) is 0.545. The molecule has 0 unspecified atom stereocenters. The van der Waals surface area contributed by atoms with Gasteiger partial charge >= 0.3 is 0 Å². The molecular weight excluding hydrogens is 336 g/mol. The lowest BCUT2D eigenvalue weighted by atomic mass is 9.94. The summed E-state index contributed by atoms with van der Waals surface area (Å²) in [6.07, 6.45) is 5.22. The van der Waals surface area contributed by atoms with Crippen molar-refractivity contribution in [3.63, 3.8) is 0 Å². The SMILES string of the molecule is CCCc1cc(C(=O)N2CCCC[C@H]2c2ccc(CN(C)C)cc2)n(C)n1. The van der Waals surface area contributed by atoms with Crippen molar-refractivity contribution in [1.82, 2.24) is 19.6 Å². The van der Waals surface area contributed by atoms with Crippen molar-refractivity contribution in [2.45, 2.75) is 51.6 Å². The Morgan fingerprint density at radius 2 is 1.96 bits per heavy atom. The Hall–Kier alpha value is -2.14. The standard InChI is InChI=1S/C22H32N4O/c1-5-8-19-15-21(25(4)23-19)22(27)26-14-7-6-9-20(26)18-12-10-17(11-13-18)16-24(2)3/h10-13,15,20H,5-9,14,16H2,1-4H3/t20-/m0/s1. The zero-order valence-electron chi connectivity index (χ0n) is 17.1. The fourth-order valence-corrected chi connectivity index (χ4v) is 3.98. The molecule has 27 heavy (non-hydrogen) atoms. The first-order valence-electron chi connectivity index (χ1n) is 10.1. The van der Waals surface area contributed by atoms with Crippen molar-refractivity contribution in [3.05, 3.63) is 52.8 Å². The van der Waals surface area contributed by atoms with E-state index in [-0.39, 0.29) is 11.9 Å². The van der Waals surface area contributed by atoms with Crippen LogP contribution in [0, 0.1) is 0 Å². The highest BCUT2D eigenvalue weighted by molar-refractivity contribution is 5.93. The topological polar surface area (TPSA) is 41.4 Å². The Kier molecular flexibility index (Phi) is 6.32. The van der Waals surface area contributed by atoms with E-state index in [0.717, 1.165) is 44.5 Å². The summed E-state index contributed by atoms with van der Waals surface area (Å²) in [5.74, 6) is 0.106. The zero-order chi connectivity index (χ0) is 19.4. The largest absolute Gasteiger partial charge is 0.330 e. The number of aryl methyl sites for hydroxylation is 2. The molecule has 1 saturated heterocycles. The van der Waals surface area contributed by atoms with Gasteiger partial charge in [0, 0.05) is 20.1 Å². The molecule has 1 aromatic heterocycles. The molecule has 1 aliphatic heterocycles. The minimum atomic E-state index is 0.106. The number of carbonyl (C=O) groups is 1. The summed E-state index contributed by atoms with van der Waals surface area (Å²) in [7, 11) is 6.04. The van der Waals surface area contributed by atoms with E-state index in [9.17, 15) is 4.79 Å². The van der Waals surface area contributed by atoms with Crippen molar-refractivity contribution in [2.24, 2.45) is 7.05 Å². The molecule has 3 rings (SSSR count). The summed E-state index contributed by atoms with van der Waals surface area (Å²) in [5.41, 5.74) is 4.24. The summed E-state index contributed by atoms with van der Waals surface area (Å²) in [6.45, 7) is 3.89. The van der Waals surface area contributed by atoms with Gasteiger partial charge in [-0.2, -0.15) is 5.10 Å². The highest BCUT2D eigenvalue weighted by Crippen LogP contribution is 2.32. The van der Waals surface area contributed by atoms with E-state index in [1.54, 1.807) is 4.68 Å². The van der Waals surface area contributed by atoms with E-state index in [0.29, 0.717) is 5.69 Å². The van der Waals surface area contributed by atoms with Gasteiger partial charge in [-0.05, 0) is 57.0 Å². The molecule has 1 fully saturated rings. The van der Waals surface area contributed by atoms with Crippen molar-refractivity contribution >= 4 is 5.91 Å². The maximum absolute atomic E-state index is 13.3. The molecule has 1 aliphatic rings. The smallest absolute Gasteiger partial charge is 0.272 e. The van der Waals surface area contributed by atoms with Crippen LogP contribution >= 0.6 is 0 Å². The van der Waals surface area contributed by atoms with Crippen molar-refractivity contribution < 1.29 is 4.79 Å². The van der Waals surface area contributed by atoms with Crippen LogP contribution in [-0.2, 0) is 20.0 Å². The summed E-state index contributed by atoms with van der Waals surface area (Å²) in [5, 5.41) is 4.52. The minimum absolute atomic E-state index is 0.106. The summed E-state index contributed by atoms with van der Waals surface area (Å²) < 4.78 is 1.75. The lowest BCUT2D eigenvalue weighted by molar-refractivity contribution is 0.0600. The fourth-order valence-electron chi connectivity index (χ4n) is 3.98. The molecule has 0 aliphatic carbocycles. The number of piperidine rings is 1. The van der Waals surface area contributed by atoms with Gasteiger partial charge in [0.25, 0.3) is 5.91 Å². The number of rotatable bonds is 6. The van der Waals surface area contributed by atoms with Gasteiger partial charge in [0.15, 0.2) is 0 Å². The lowest BCUT2D eigenvalue weighted by Crippen LogP contribution is -2.39. The van der Waals surface area contributed by atoms with Gasteiger partial charge in [0.2, 0.25) is 0 Å². The number of hydrogen-bond acceptors (Lipinski definition) is 3.